The van der Waals surface area contributed by atoms with Crippen LogP contribution < -0.4 is 10.1 Å². The molecule has 4 nitrogen and oxygen atoms in total. The average molecular weight is 313 g/mol. The molecule has 1 unspecified atom stereocenters. The van der Waals surface area contributed by atoms with E-state index in [0.29, 0.717) is 13.0 Å². The first-order valence-corrected chi connectivity index (χ1v) is 7.94. The van der Waals surface area contributed by atoms with Crippen molar-refractivity contribution < 1.29 is 14.6 Å². The Bertz CT molecular complexity index is 613. The van der Waals surface area contributed by atoms with E-state index in [4.69, 9.17) is 9.84 Å². The predicted octanol–water partition coefficient (Wildman–Crippen LogP) is 2.87. The molecule has 0 aromatic heterocycles. The average Bonchev–Trinajstić information content (AvgIpc) is 2.60. The topological polar surface area (TPSA) is 58.6 Å². The summed E-state index contributed by atoms with van der Waals surface area (Å²) in [5, 5.41) is 11.7. The van der Waals surface area contributed by atoms with Gasteiger partial charge in [-0.1, -0.05) is 55.5 Å². The quantitative estimate of drug-likeness (QED) is 0.737. The number of rotatable bonds is 8. The summed E-state index contributed by atoms with van der Waals surface area (Å²) in [5.41, 5.74) is 1.87. The summed E-state index contributed by atoms with van der Waals surface area (Å²) < 4.78 is 6.04. The molecule has 0 spiro atoms. The van der Waals surface area contributed by atoms with Crippen molar-refractivity contribution in [3.8, 4) is 5.75 Å². The molecule has 0 saturated heterocycles. The van der Waals surface area contributed by atoms with Crippen LogP contribution in [0.4, 0.5) is 0 Å². The Hall–Kier alpha value is -2.33. The maximum absolute atomic E-state index is 12.5. The molecule has 0 bridgehead atoms. The SMILES string of the molecule is CCc1ccccc1OC(C(=O)NCCCO)c1ccccc1. The third kappa shape index (κ3) is 4.83. The van der Waals surface area contributed by atoms with Crippen LogP contribution in [-0.4, -0.2) is 24.2 Å². The fraction of sp³-hybridized carbons (Fsp3) is 0.316. The Labute approximate surface area is 137 Å². The summed E-state index contributed by atoms with van der Waals surface area (Å²) >= 11 is 0. The van der Waals surface area contributed by atoms with Crippen LogP contribution in [0.5, 0.6) is 5.75 Å². The summed E-state index contributed by atoms with van der Waals surface area (Å²) in [5.74, 6) is 0.525. The van der Waals surface area contributed by atoms with Crippen molar-refractivity contribution in [2.45, 2.75) is 25.9 Å². The minimum Gasteiger partial charge on any atom is -0.476 e. The normalized spacial score (nSPS) is 11.7. The van der Waals surface area contributed by atoms with Crippen LogP contribution in [0.1, 0.15) is 30.6 Å². The number of hydrogen-bond acceptors (Lipinski definition) is 3. The third-order valence-electron chi connectivity index (χ3n) is 3.57. The molecule has 0 aliphatic heterocycles. The van der Waals surface area contributed by atoms with Crippen LogP contribution in [0.3, 0.4) is 0 Å². The van der Waals surface area contributed by atoms with Crippen molar-refractivity contribution in [3.63, 3.8) is 0 Å². The minimum atomic E-state index is -0.706. The first kappa shape index (κ1) is 17.0. The van der Waals surface area contributed by atoms with Gasteiger partial charge in [-0.05, 0) is 24.5 Å². The van der Waals surface area contributed by atoms with Gasteiger partial charge in [-0.2, -0.15) is 0 Å². The zero-order chi connectivity index (χ0) is 16.5. The van der Waals surface area contributed by atoms with E-state index in [9.17, 15) is 4.79 Å². The van der Waals surface area contributed by atoms with Crippen LogP contribution in [-0.2, 0) is 11.2 Å². The molecule has 2 N–H and O–H groups in total. The standard InChI is InChI=1S/C19H23NO3/c1-2-15-9-6-7-12-17(15)23-18(16-10-4-3-5-11-16)19(22)20-13-8-14-21/h3-7,9-12,18,21H,2,8,13-14H2,1H3,(H,20,22). The highest BCUT2D eigenvalue weighted by Gasteiger charge is 2.23. The fourth-order valence-electron chi connectivity index (χ4n) is 2.32. The van der Waals surface area contributed by atoms with Gasteiger partial charge in [0, 0.05) is 18.7 Å². The van der Waals surface area contributed by atoms with Crippen molar-refractivity contribution in [2.24, 2.45) is 0 Å². The lowest BCUT2D eigenvalue weighted by Crippen LogP contribution is -2.33. The van der Waals surface area contributed by atoms with E-state index in [1.165, 1.54) is 0 Å². The summed E-state index contributed by atoms with van der Waals surface area (Å²) in [6.45, 7) is 2.54. The molecular weight excluding hydrogens is 290 g/mol. The largest absolute Gasteiger partial charge is 0.476 e. The molecule has 0 radical (unpaired) electrons. The van der Waals surface area contributed by atoms with Crippen LogP contribution in [0.25, 0.3) is 0 Å². The van der Waals surface area contributed by atoms with E-state index in [1.54, 1.807) is 0 Å². The van der Waals surface area contributed by atoms with Gasteiger partial charge in [0.1, 0.15) is 5.75 Å². The molecule has 1 atom stereocenters. The van der Waals surface area contributed by atoms with Gasteiger partial charge in [-0.3, -0.25) is 4.79 Å². The molecule has 0 aliphatic carbocycles. The summed E-state index contributed by atoms with van der Waals surface area (Å²) in [4.78, 5) is 12.5. The lowest BCUT2D eigenvalue weighted by molar-refractivity contribution is -0.128. The number of nitrogens with one attached hydrogen (secondary N) is 1. The molecular formula is C19H23NO3. The maximum Gasteiger partial charge on any atom is 0.265 e. The number of hydrogen-bond donors (Lipinski definition) is 2. The van der Waals surface area contributed by atoms with E-state index in [1.807, 2.05) is 54.6 Å². The van der Waals surface area contributed by atoms with Gasteiger partial charge in [0.05, 0.1) is 0 Å². The Morgan fingerprint density at radius 2 is 1.83 bits per heavy atom. The smallest absolute Gasteiger partial charge is 0.265 e. The third-order valence-corrected chi connectivity index (χ3v) is 3.57. The van der Waals surface area contributed by atoms with Crippen LogP contribution in [0.2, 0.25) is 0 Å². The molecule has 0 saturated carbocycles. The summed E-state index contributed by atoms with van der Waals surface area (Å²) in [6.07, 6.45) is 0.658. The van der Waals surface area contributed by atoms with Gasteiger partial charge in [0.15, 0.2) is 0 Å². The van der Waals surface area contributed by atoms with E-state index in [0.717, 1.165) is 23.3 Å². The maximum atomic E-state index is 12.5. The number of ether oxygens (including phenoxy) is 1. The Morgan fingerprint density at radius 1 is 1.13 bits per heavy atom. The Morgan fingerprint density at radius 3 is 2.52 bits per heavy atom. The summed E-state index contributed by atoms with van der Waals surface area (Å²) in [7, 11) is 0. The van der Waals surface area contributed by atoms with Crippen LogP contribution in [0.15, 0.2) is 54.6 Å². The first-order valence-electron chi connectivity index (χ1n) is 7.94. The lowest BCUT2D eigenvalue weighted by Gasteiger charge is -2.20. The number of aliphatic hydroxyl groups excluding tert-OH is 1. The van der Waals surface area contributed by atoms with Crippen molar-refractivity contribution in [3.05, 3.63) is 65.7 Å². The molecule has 0 heterocycles. The molecule has 0 aliphatic rings. The molecule has 2 aromatic rings. The molecule has 122 valence electrons. The first-order chi connectivity index (χ1) is 11.3. The molecule has 1 amide bonds. The van der Waals surface area contributed by atoms with Crippen molar-refractivity contribution >= 4 is 5.91 Å². The van der Waals surface area contributed by atoms with E-state index in [-0.39, 0.29) is 12.5 Å². The van der Waals surface area contributed by atoms with E-state index in [2.05, 4.69) is 12.2 Å². The van der Waals surface area contributed by atoms with E-state index >= 15 is 0 Å². The highest BCUT2D eigenvalue weighted by molar-refractivity contribution is 5.82. The number of carbonyl (C=O) groups is 1. The molecule has 4 heteroatoms. The number of aliphatic hydroxyl groups is 1. The van der Waals surface area contributed by atoms with Gasteiger partial charge in [-0.25, -0.2) is 0 Å². The lowest BCUT2D eigenvalue weighted by atomic mass is 10.1. The monoisotopic (exact) mass is 313 g/mol. The minimum absolute atomic E-state index is 0.0514. The molecule has 2 rings (SSSR count). The van der Waals surface area contributed by atoms with Gasteiger partial charge < -0.3 is 15.2 Å². The van der Waals surface area contributed by atoms with Crippen LogP contribution in [0, 0.1) is 0 Å². The number of amides is 1. The van der Waals surface area contributed by atoms with Gasteiger partial charge in [0.25, 0.3) is 5.91 Å². The predicted molar refractivity (Wildman–Crippen MR) is 90.3 cm³/mol. The Balaban J connectivity index is 2.21. The van der Waals surface area contributed by atoms with Crippen LogP contribution >= 0.6 is 0 Å². The number of para-hydroxylation sites is 1. The number of carbonyl (C=O) groups excluding carboxylic acids is 1. The number of aryl methyl sites for hydroxylation is 1. The van der Waals surface area contributed by atoms with E-state index < -0.39 is 6.10 Å². The van der Waals surface area contributed by atoms with Gasteiger partial charge in [-0.15, -0.1) is 0 Å². The van der Waals surface area contributed by atoms with Crippen molar-refractivity contribution in [1.29, 1.82) is 0 Å². The Kier molecular flexibility index (Phi) is 6.63. The summed E-state index contributed by atoms with van der Waals surface area (Å²) in [6, 6.07) is 17.2. The molecule has 2 aromatic carbocycles. The molecule has 0 fully saturated rings. The van der Waals surface area contributed by atoms with Crippen molar-refractivity contribution in [1.82, 2.24) is 5.32 Å². The zero-order valence-electron chi connectivity index (χ0n) is 13.4. The van der Waals surface area contributed by atoms with Gasteiger partial charge >= 0.3 is 0 Å². The second kappa shape index (κ2) is 8.96. The second-order valence-corrected chi connectivity index (χ2v) is 5.24. The highest BCUT2D eigenvalue weighted by atomic mass is 16.5. The van der Waals surface area contributed by atoms with Crippen molar-refractivity contribution in [2.75, 3.05) is 13.2 Å². The second-order valence-electron chi connectivity index (χ2n) is 5.24. The van der Waals surface area contributed by atoms with Gasteiger partial charge in [0.2, 0.25) is 6.10 Å². The fourth-order valence-corrected chi connectivity index (χ4v) is 2.32. The highest BCUT2D eigenvalue weighted by Crippen LogP contribution is 2.26. The number of benzene rings is 2. The zero-order valence-corrected chi connectivity index (χ0v) is 13.4. The molecule has 23 heavy (non-hydrogen) atoms.